The van der Waals surface area contributed by atoms with Gasteiger partial charge in [-0.3, -0.25) is 0 Å². The standard InChI is InChI=1S/C13H10ClN3S/c14-6-13-16-12(9-18-13)10-7-15-17(8-10)11-4-2-1-3-5-11/h1-5,7-9H,6H2. The summed E-state index contributed by atoms with van der Waals surface area (Å²) in [6.07, 6.45) is 3.79. The largest absolute Gasteiger partial charge is 0.240 e. The zero-order valence-corrected chi connectivity index (χ0v) is 11.0. The van der Waals surface area contributed by atoms with Crippen molar-refractivity contribution >= 4 is 22.9 Å². The maximum absolute atomic E-state index is 5.76. The molecule has 0 atom stereocenters. The Morgan fingerprint density at radius 1 is 1.22 bits per heavy atom. The average molecular weight is 276 g/mol. The van der Waals surface area contributed by atoms with E-state index >= 15 is 0 Å². The number of aromatic nitrogens is 3. The van der Waals surface area contributed by atoms with Gasteiger partial charge in [-0.15, -0.1) is 22.9 Å². The summed E-state index contributed by atoms with van der Waals surface area (Å²) in [5, 5.41) is 7.28. The molecule has 0 saturated carbocycles. The third-order valence-corrected chi connectivity index (χ3v) is 3.83. The number of halogens is 1. The van der Waals surface area contributed by atoms with E-state index in [1.807, 2.05) is 52.8 Å². The van der Waals surface area contributed by atoms with Gasteiger partial charge in [-0.1, -0.05) is 18.2 Å². The summed E-state index contributed by atoms with van der Waals surface area (Å²) in [7, 11) is 0. The quantitative estimate of drug-likeness (QED) is 0.682. The molecule has 5 heteroatoms. The van der Waals surface area contributed by atoms with Crippen molar-refractivity contribution < 1.29 is 0 Å². The van der Waals surface area contributed by atoms with Crippen molar-refractivity contribution in [2.45, 2.75) is 5.88 Å². The highest BCUT2D eigenvalue weighted by molar-refractivity contribution is 7.10. The summed E-state index contributed by atoms with van der Waals surface area (Å²) >= 11 is 7.33. The lowest BCUT2D eigenvalue weighted by Gasteiger charge is -1.98. The van der Waals surface area contributed by atoms with Gasteiger partial charge in [0.25, 0.3) is 0 Å². The molecule has 0 fully saturated rings. The summed E-state index contributed by atoms with van der Waals surface area (Å²) in [5.41, 5.74) is 2.97. The smallest absolute Gasteiger partial charge is 0.108 e. The number of benzene rings is 1. The van der Waals surface area contributed by atoms with E-state index in [1.54, 1.807) is 11.3 Å². The molecule has 0 unspecified atom stereocenters. The van der Waals surface area contributed by atoms with Crippen LogP contribution in [-0.2, 0) is 5.88 Å². The van der Waals surface area contributed by atoms with Crippen molar-refractivity contribution in [1.29, 1.82) is 0 Å². The van der Waals surface area contributed by atoms with Gasteiger partial charge in [-0.2, -0.15) is 5.10 Å². The molecule has 3 aromatic rings. The van der Waals surface area contributed by atoms with Crippen LogP contribution in [0.15, 0.2) is 48.1 Å². The molecule has 0 amide bonds. The lowest BCUT2D eigenvalue weighted by molar-refractivity contribution is 0.881. The summed E-state index contributed by atoms with van der Waals surface area (Å²) < 4.78 is 1.84. The van der Waals surface area contributed by atoms with Crippen LogP contribution in [-0.4, -0.2) is 14.8 Å². The molecule has 0 aliphatic rings. The molecule has 3 rings (SSSR count). The summed E-state index contributed by atoms with van der Waals surface area (Å²) in [5.74, 6) is 0.456. The molecule has 3 nitrogen and oxygen atoms in total. The third-order valence-electron chi connectivity index (χ3n) is 2.57. The van der Waals surface area contributed by atoms with Crippen molar-refractivity contribution in [1.82, 2.24) is 14.8 Å². The number of nitrogens with zero attached hydrogens (tertiary/aromatic N) is 3. The molecular formula is C13H10ClN3S. The van der Waals surface area contributed by atoms with Crippen molar-refractivity contribution in [3.05, 3.63) is 53.1 Å². The van der Waals surface area contributed by atoms with E-state index in [0.717, 1.165) is 22.0 Å². The van der Waals surface area contributed by atoms with E-state index in [0.29, 0.717) is 5.88 Å². The van der Waals surface area contributed by atoms with E-state index in [-0.39, 0.29) is 0 Å². The van der Waals surface area contributed by atoms with Crippen LogP contribution >= 0.6 is 22.9 Å². The second-order valence-electron chi connectivity index (χ2n) is 3.77. The zero-order valence-electron chi connectivity index (χ0n) is 9.45. The Hall–Kier alpha value is -1.65. The minimum atomic E-state index is 0.456. The van der Waals surface area contributed by atoms with E-state index in [2.05, 4.69) is 10.1 Å². The molecule has 2 aromatic heterocycles. The number of hydrogen-bond donors (Lipinski definition) is 0. The third kappa shape index (κ3) is 2.17. The number of para-hydroxylation sites is 1. The van der Waals surface area contributed by atoms with Crippen LogP contribution in [0.2, 0.25) is 0 Å². The second-order valence-corrected chi connectivity index (χ2v) is 4.98. The summed E-state index contributed by atoms with van der Waals surface area (Å²) in [6.45, 7) is 0. The molecule has 0 radical (unpaired) electrons. The highest BCUT2D eigenvalue weighted by Crippen LogP contribution is 2.23. The highest BCUT2D eigenvalue weighted by atomic mass is 35.5. The van der Waals surface area contributed by atoms with Gasteiger partial charge in [0, 0.05) is 17.1 Å². The number of hydrogen-bond acceptors (Lipinski definition) is 3. The second kappa shape index (κ2) is 4.92. The van der Waals surface area contributed by atoms with Crippen LogP contribution in [0.5, 0.6) is 0 Å². The predicted molar refractivity (Wildman–Crippen MR) is 74.2 cm³/mol. The minimum Gasteiger partial charge on any atom is -0.240 e. The molecule has 0 N–H and O–H groups in total. The van der Waals surface area contributed by atoms with Gasteiger partial charge < -0.3 is 0 Å². The highest BCUT2D eigenvalue weighted by Gasteiger charge is 2.07. The molecule has 90 valence electrons. The molecule has 0 spiro atoms. The van der Waals surface area contributed by atoms with Gasteiger partial charge in [-0.25, -0.2) is 9.67 Å². The van der Waals surface area contributed by atoms with Crippen LogP contribution in [0.1, 0.15) is 5.01 Å². The topological polar surface area (TPSA) is 30.7 Å². The van der Waals surface area contributed by atoms with Crippen LogP contribution in [0.4, 0.5) is 0 Å². The molecular weight excluding hydrogens is 266 g/mol. The average Bonchev–Trinajstić information content (AvgIpc) is 3.08. The zero-order chi connectivity index (χ0) is 12.4. The summed E-state index contributed by atoms with van der Waals surface area (Å²) in [6, 6.07) is 10.0. The molecule has 2 heterocycles. The molecule has 1 aromatic carbocycles. The fraction of sp³-hybridized carbons (Fsp3) is 0.0769. The maximum Gasteiger partial charge on any atom is 0.108 e. The number of rotatable bonds is 3. The normalized spacial score (nSPS) is 10.7. The Morgan fingerprint density at radius 2 is 2.06 bits per heavy atom. The van der Waals surface area contributed by atoms with Crippen LogP contribution < -0.4 is 0 Å². The first kappa shape index (κ1) is 11.4. The SMILES string of the molecule is ClCc1nc(-c2cnn(-c3ccccc3)c2)cs1. The van der Waals surface area contributed by atoms with Crippen molar-refractivity contribution in [2.24, 2.45) is 0 Å². The number of thiazole rings is 1. The Balaban J connectivity index is 1.94. The molecule has 0 aliphatic carbocycles. The summed E-state index contributed by atoms with van der Waals surface area (Å²) in [4.78, 5) is 4.44. The monoisotopic (exact) mass is 275 g/mol. The first-order valence-electron chi connectivity index (χ1n) is 5.47. The molecule has 0 aliphatic heterocycles. The van der Waals surface area contributed by atoms with Crippen molar-refractivity contribution in [3.8, 4) is 16.9 Å². The molecule has 0 bridgehead atoms. The van der Waals surface area contributed by atoms with Gasteiger partial charge in [0.1, 0.15) is 5.01 Å². The van der Waals surface area contributed by atoms with Gasteiger partial charge in [0.2, 0.25) is 0 Å². The Morgan fingerprint density at radius 3 is 2.78 bits per heavy atom. The minimum absolute atomic E-state index is 0.456. The number of alkyl halides is 1. The Kier molecular flexibility index (Phi) is 3.13. The van der Waals surface area contributed by atoms with Gasteiger partial charge in [0.05, 0.1) is 23.5 Å². The van der Waals surface area contributed by atoms with E-state index in [1.165, 1.54) is 0 Å². The predicted octanol–water partition coefficient (Wildman–Crippen LogP) is 3.73. The van der Waals surface area contributed by atoms with E-state index < -0.39 is 0 Å². The maximum atomic E-state index is 5.76. The van der Waals surface area contributed by atoms with Crippen LogP contribution in [0.3, 0.4) is 0 Å². The first-order valence-corrected chi connectivity index (χ1v) is 6.89. The van der Waals surface area contributed by atoms with Gasteiger partial charge >= 0.3 is 0 Å². The fourth-order valence-electron chi connectivity index (χ4n) is 1.68. The van der Waals surface area contributed by atoms with Gasteiger partial charge in [-0.05, 0) is 12.1 Å². The first-order chi connectivity index (χ1) is 8.86. The lowest BCUT2D eigenvalue weighted by atomic mass is 10.3. The fourth-order valence-corrected chi connectivity index (χ4v) is 2.58. The molecule has 0 saturated heterocycles. The van der Waals surface area contributed by atoms with E-state index in [4.69, 9.17) is 11.6 Å². The molecule has 18 heavy (non-hydrogen) atoms. The van der Waals surface area contributed by atoms with Crippen molar-refractivity contribution in [2.75, 3.05) is 0 Å². The van der Waals surface area contributed by atoms with Crippen molar-refractivity contribution in [3.63, 3.8) is 0 Å². The Bertz CT molecular complexity index is 645. The van der Waals surface area contributed by atoms with Crippen LogP contribution in [0, 0.1) is 0 Å². The Labute approximate surface area is 114 Å². The van der Waals surface area contributed by atoms with E-state index in [9.17, 15) is 0 Å². The van der Waals surface area contributed by atoms with Crippen LogP contribution in [0.25, 0.3) is 16.9 Å². The lowest BCUT2D eigenvalue weighted by Crippen LogP contribution is -1.92. The van der Waals surface area contributed by atoms with Gasteiger partial charge in [0.15, 0.2) is 0 Å².